The molecule has 1 aromatic heterocycles. The first-order valence-corrected chi connectivity index (χ1v) is 16.8. The van der Waals surface area contributed by atoms with Gasteiger partial charge in [-0.25, -0.2) is 0 Å². The monoisotopic (exact) mass is 542 g/mol. The highest BCUT2D eigenvalue weighted by atomic mass is 32.1. The van der Waals surface area contributed by atoms with Crippen LogP contribution in [0.2, 0.25) is 0 Å². The van der Waals surface area contributed by atoms with E-state index in [0.29, 0.717) is 0 Å². The molecular formula is C36H62OS. The van der Waals surface area contributed by atoms with E-state index >= 15 is 0 Å². The molecule has 0 saturated heterocycles. The molecule has 38 heavy (non-hydrogen) atoms. The van der Waals surface area contributed by atoms with E-state index in [1.54, 1.807) is 22.3 Å². The van der Waals surface area contributed by atoms with Crippen LogP contribution < -0.4 is 4.74 Å². The Morgan fingerprint density at radius 1 is 0.737 bits per heavy atom. The van der Waals surface area contributed by atoms with Gasteiger partial charge in [0.15, 0.2) is 0 Å². The van der Waals surface area contributed by atoms with Gasteiger partial charge in [-0.2, -0.15) is 0 Å². The van der Waals surface area contributed by atoms with E-state index in [9.17, 15) is 0 Å². The highest BCUT2D eigenvalue weighted by Crippen LogP contribution is 2.46. The van der Waals surface area contributed by atoms with Crippen LogP contribution >= 0.6 is 11.3 Å². The highest BCUT2D eigenvalue weighted by Gasteiger charge is 2.23. The molecule has 1 unspecified atom stereocenters. The number of thiophene rings is 1. The van der Waals surface area contributed by atoms with Crippen molar-refractivity contribution in [1.82, 2.24) is 0 Å². The van der Waals surface area contributed by atoms with Crippen molar-refractivity contribution < 1.29 is 4.74 Å². The van der Waals surface area contributed by atoms with Gasteiger partial charge in [0.25, 0.3) is 0 Å². The smallest absolute Gasteiger partial charge is 0.141 e. The molecule has 0 saturated carbocycles. The van der Waals surface area contributed by atoms with Gasteiger partial charge in [-0.15, -0.1) is 11.3 Å². The summed E-state index contributed by atoms with van der Waals surface area (Å²) in [4.78, 5) is 2.84. The summed E-state index contributed by atoms with van der Waals surface area (Å²) in [6, 6.07) is 0. The van der Waals surface area contributed by atoms with Crippen molar-refractivity contribution >= 4 is 22.5 Å². The second-order valence-electron chi connectivity index (χ2n) is 11.7. The van der Waals surface area contributed by atoms with Gasteiger partial charge in [0, 0.05) is 10.4 Å². The van der Waals surface area contributed by atoms with Crippen LogP contribution in [0, 0.1) is 12.8 Å². The minimum atomic E-state index is 0.742. The minimum absolute atomic E-state index is 0.742. The largest absolute Gasteiger partial charge is 0.492 e. The molecule has 0 amide bonds. The maximum absolute atomic E-state index is 6.58. The average molecular weight is 543 g/mol. The van der Waals surface area contributed by atoms with E-state index in [0.717, 1.165) is 37.5 Å². The maximum Gasteiger partial charge on any atom is 0.141 e. The van der Waals surface area contributed by atoms with E-state index in [4.69, 9.17) is 4.74 Å². The fourth-order valence-electron chi connectivity index (χ4n) is 5.32. The number of unbranched alkanes of at least 4 members (excludes halogenated alkanes) is 4. The van der Waals surface area contributed by atoms with Crippen LogP contribution in [0.1, 0.15) is 168 Å². The van der Waals surface area contributed by atoms with Crippen LogP contribution in [0.15, 0.2) is 22.3 Å². The number of ether oxygens (including phenoxy) is 1. The third-order valence-corrected chi connectivity index (χ3v) is 9.75. The Bertz CT molecular complexity index is 923. The third kappa shape index (κ3) is 10.4. The van der Waals surface area contributed by atoms with Gasteiger partial charge in [-0.1, -0.05) is 91.2 Å². The first kappa shape index (κ1) is 34.7. The van der Waals surface area contributed by atoms with Crippen LogP contribution in [-0.2, 0) is 0 Å². The van der Waals surface area contributed by atoms with Crippen molar-refractivity contribution in [2.75, 3.05) is 6.61 Å². The van der Waals surface area contributed by atoms with Crippen molar-refractivity contribution in [3.05, 3.63) is 37.6 Å². The number of allylic oxidation sites excluding steroid dienone is 6. The number of rotatable bonds is 19. The second kappa shape index (κ2) is 18.9. The molecule has 1 aromatic rings. The summed E-state index contributed by atoms with van der Waals surface area (Å²) in [5.41, 5.74) is 10.7. The number of hydrogen-bond donors (Lipinski definition) is 0. The lowest BCUT2D eigenvalue weighted by molar-refractivity contribution is 0.308. The molecule has 0 aromatic carbocycles. The van der Waals surface area contributed by atoms with Gasteiger partial charge in [-0.3, -0.25) is 0 Å². The summed E-state index contributed by atoms with van der Waals surface area (Å²) in [5, 5.41) is 0. The summed E-state index contributed by atoms with van der Waals surface area (Å²) >= 11 is 2.00. The Morgan fingerprint density at radius 2 is 1.39 bits per heavy atom. The lowest BCUT2D eigenvalue weighted by Gasteiger charge is -2.20. The van der Waals surface area contributed by atoms with Crippen LogP contribution in [0.3, 0.4) is 0 Å². The Balaban J connectivity index is 3.78. The predicted octanol–water partition coefficient (Wildman–Crippen LogP) is 13.1. The van der Waals surface area contributed by atoms with Gasteiger partial charge < -0.3 is 4.74 Å². The second-order valence-corrected chi connectivity index (χ2v) is 12.7. The van der Waals surface area contributed by atoms with Crippen LogP contribution in [-0.4, -0.2) is 6.61 Å². The molecule has 0 bridgehead atoms. The third-order valence-electron chi connectivity index (χ3n) is 8.30. The lowest BCUT2D eigenvalue weighted by Crippen LogP contribution is -2.01. The summed E-state index contributed by atoms with van der Waals surface area (Å²) in [5.74, 6) is 1.90. The lowest BCUT2D eigenvalue weighted by atomic mass is 9.87. The molecule has 0 spiro atoms. The SMILES string of the molecule is CCCCC/C(C)=C(\C)c1sc(/C(CCC)=C(C)/C(CCCC)=C(\C)CC(C)CC)c(C)c1OCCCC. The molecule has 0 aliphatic carbocycles. The van der Waals surface area contributed by atoms with Crippen molar-refractivity contribution in [3.8, 4) is 5.75 Å². The molecule has 1 nitrogen and oxygen atoms in total. The molecule has 2 heteroatoms. The van der Waals surface area contributed by atoms with E-state index in [1.807, 2.05) is 11.3 Å². The van der Waals surface area contributed by atoms with Gasteiger partial charge in [0.05, 0.1) is 11.5 Å². The van der Waals surface area contributed by atoms with E-state index < -0.39 is 0 Å². The molecule has 0 radical (unpaired) electrons. The number of hydrogen-bond acceptors (Lipinski definition) is 2. The normalized spacial score (nSPS) is 14.7. The fourth-order valence-corrected chi connectivity index (χ4v) is 6.78. The molecule has 0 fully saturated rings. The van der Waals surface area contributed by atoms with Gasteiger partial charge in [0.1, 0.15) is 5.75 Å². The van der Waals surface area contributed by atoms with Crippen molar-refractivity contribution in [1.29, 1.82) is 0 Å². The zero-order chi connectivity index (χ0) is 28.7. The van der Waals surface area contributed by atoms with E-state index in [2.05, 4.69) is 76.2 Å². The highest BCUT2D eigenvalue weighted by molar-refractivity contribution is 7.14. The molecule has 0 N–H and O–H groups in total. The fraction of sp³-hybridized carbons (Fsp3) is 0.722. The standard InChI is InChI=1S/C36H62OS/c1-12-17-20-22-27(7)29(9)36-34(37-24-19-14-3)31(11)35(38-36)33(21-15-4)30(10)32(23-18-13-2)28(8)25-26(6)16-5/h26H,12-25H2,1-11H3/b29-27+,32-28+,33-30+. The summed E-state index contributed by atoms with van der Waals surface area (Å²) < 4.78 is 6.58. The molecule has 218 valence electrons. The Morgan fingerprint density at radius 3 is 1.97 bits per heavy atom. The van der Waals surface area contributed by atoms with Crippen molar-refractivity contribution in [3.63, 3.8) is 0 Å². The minimum Gasteiger partial charge on any atom is -0.492 e. The Hall–Kier alpha value is -1.28. The van der Waals surface area contributed by atoms with E-state index in [-0.39, 0.29) is 0 Å². The molecule has 1 heterocycles. The summed E-state index contributed by atoms with van der Waals surface area (Å²) in [7, 11) is 0. The molecule has 0 aliphatic heterocycles. The van der Waals surface area contributed by atoms with Crippen molar-refractivity contribution in [2.45, 2.75) is 160 Å². The van der Waals surface area contributed by atoms with Gasteiger partial charge >= 0.3 is 0 Å². The van der Waals surface area contributed by atoms with Crippen LogP contribution in [0.5, 0.6) is 5.75 Å². The van der Waals surface area contributed by atoms with Crippen molar-refractivity contribution in [2.24, 2.45) is 5.92 Å². The quantitative estimate of drug-likeness (QED) is 0.125. The van der Waals surface area contributed by atoms with Gasteiger partial charge in [0.2, 0.25) is 0 Å². The zero-order valence-corrected chi connectivity index (χ0v) is 28.1. The predicted molar refractivity (Wildman–Crippen MR) is 176 cm³/mol. The van der Waals surface area contributed by atoms with Crippen LogP contribution in [0.4, 0.5) is 0 Å². The Kier molecular flexibility index (Phi) is 17.3. The molecule has 1 rings (SSSR count). The topological polar surface area (TPSA) is 9.23 Å². The molecular weight excluding hydrogens is 480 g/mol. The maximum atomic E-state index is 6.58. The average Bonchev–Trinajstić information content (AvgIpc) is 3.22. The summed E-state index contributed by atoms with van der Waals surface area (Å²) in [6.45, 7) is 26.6. The first-order chi connectivity index (χ1) is 18.2. The summed E-state index contributed by atoms with van der Waals surface area (Å²) in [6.07, 6.45) is 15.8. The van der Waals surface area contributed by atoms with Crippen LogP contribution in [0.25, 0.3) is 11.1 Å². The zero-order valence-electron chi connectivity index (χ0n) is 27.3. The molecule has 0 aliphatic rings. The van der Waals surface area contributed by atoms with Gasteiger partial charge in [-0.05, 0) is 108 Å². The van der Waals surface area contributed by atoms with E-state index in [1.165, 1.54) is 90.7 Å². The Labute approximate surface area is 242 Å². The first-order valence-electron chi connectivity index (χ1n) is 16.0. The molecule has 1 atom stereocenters.